The number of rotatable bonds is 3. The van der Waals surface area contributed by atoms with Crippen molar-refractivity contribution in [3.63, 3.8) is 0 Å². The topological polar surface area (TPSA) is 51.0 Å². The van der Waals surface area contributed by atoms with E-state index in [2.05, 4.69) is 10.2 Å². The van der Waals surface area contributed by atoms with Crippen LogP contribution in [-0.2, 0) is 23.4 Å². The molecular formula is C21H25F3N4O. The second-order valence-corrected chi connectivity index (χ2v) is 8.23. The average Bonchev–Trinajstić information content (AvgIpc) is 3.37. The van der Waals surface area contributed by atoms with Gasteiger partial charge in [-0.1, -0.05) is 31.0 Å². The molecule has 0 atom stereocenters. The number of aryl methyl sites for hydroxylation is 1. The number of halogens is 3. The SMILES string of the molecule is Cn1cnnc1C1CCN(C(=O)C2(c3cccc(C(F)(F)F)c3)CCCC2)CC1. The van der Waals surface area contributed by atoms with Gasteiger partial charge in [-0.25, -0.2) is 0 Å². The number of carbonyl (C=O) groups excluding carboxylic acids is 1. The Hall–Kier alpha value is -2.38. The molecule has 156 valence electrons. The molecule has 1 saturated heterocycles. The minimum Gasteiger partial charge on any atom is -0.342 e. The molecular weight excluding hydrogens is 381 g/mol. The number of alkyl halides is 3. The number of benzene rings is 1. The third-order valence-electron chi connectivity index (χ3n) is 6.50. The van der Waals surface area contributed by atoms with E-state index in [0.717, 1.165) is 37.6 Å². The normalized spacial score (nSPS) is 20.2. The molecule has 2 aliphatic rings. The average molecular weight is 406 g/mol. The number of nitrogens with zero attached hydrogens (tertiary/aromatic N) is 4. The second-order valence-electron chi connectivity index (χ2n) is 8.23. The van der Waals surface area contributed by atoms with Gasteiger partial charge in [0.2, 0.25) is 5.91 Å². The van der Waals surface area contributed by atoms with Gasteiger partial charge in [0.25, 0.3) is 0 Å². The maximum absolute atomic E-state index is 13.6. The number of hydrogen-bond donors (Lipinski definition) is 0. The van der Waals surface area contributed by atoms with Gasteiger partial charge >= 0.3 is 6.18 Å². The minimum absolute atomic E-state index is 0.0225. The van der Waals surface area contributed by atoms with Crippen molar-refractivity contribution in [2.24, 2.45) is 7.05 Å². The Morgan fingerprint density at radius 2 is 1.86 bits per heavy atom. The zero-order valence-electron chi connectivity index (χ0n) is 16.5. The van der Waals surface area contributed by atoms with Crippen LogP contribution in [0.1, 0.15) is 61.4 Å². The van der Waals surface area contributed by atoms with Crippen molar-refractivity contribution in [2.75, 3.05) is 13.1 Å². The van der Waals surface area contributed by atoms with E-state index in [4.69, 9.17) is 0 Å². The summed E-state index contributed by atoms with van der Waals surface area (Å²) >= 11 is 0. The molecule has 1 aromatic heterocycles. The number of aromatic nitrogens is 3. The van der Waals surface area contributed by atoms with Crippen LogP contribution in [0.25, 0.3) is 0 Å². The Morgan fingerprint density at radius 1 is 1.17 bits per heavy atom. The van der Waals surface area contributed by atoms with E-state index < -0.39 is 17.2 Å². The van der Waals surface area contributed by atoms with Gasteiger partial charge in [-0.05, 0) is 37.3 Å². The highest BCUT2D eigenvalue weighted by Gasteiger charge is 2.46. The molecule has 1 aliphatic carbocycles. The Bertz CT molecular complexity index is 878. The van der Waals surface area contributed by atoms with E-state index in [-0.39, 0.29) is 11.8 Å². The molecule has 1 aliphatic heterocycles. The maximum atomic E-state index is 13.6. The first-order valence-electron chi connectivity index (χ1n) is 10.1. The van der Waals surface area contributed by atoms with Crippen molar-refractivity contribution >= 4 is 5.91 Å². The van der Waals surface area contributed by atoms with Crippen LogP contribution in [0.4, 0.5) is 13.2 Å². The van der Waals surface area contributed by atoms with Gasteiger partial charge in [-0.2, -0.15) is 13.2 Å². The molecule has 1 saturated carbocycles. The third kappa shape index (κ3) is 3.65. The monoisotopic (exact) mass is 406 g/mol. The third-order valence-corrected chi connectivity index (χ3v) is 6.50. The molecule has 5 nitrogen and oxygen atoms in total. The van der Waals surface area contributed by atoms with E-state index in [1.165, 1.54) is 12.1 Å². The summed E-state index contributed by atoms with van der Waals surface area (Å²) in [6.45, 7) is 1.19. The number of hydrogen-bond acceptors (Lipinski definition) is 3. The first kappa shape index (κ1) is 19.9. The van der Waals surface area contributed by atoms with Crippen LogP contribution in [0.15, 0.2) is 30.6 Å². The van der Waals surface area contributed by atoms with Gasteiger partial charge < -0.3 is 9.47 Å². The standard InChI is InChI=1S/C21H25F3N4O/c1-27-14-25-26-18(27)15-7-11-28(12-8-15)19(29)20(9-2-3-10-20)16-5-4-6-17(13-16)21(22,23)24/h4-6,13-15H,2-3,7-12H2,1H3. The second kappa shape index (κ2) is 7.46. The first-order valence-corrected chi connectivity index (χ1v) is 10.1. The molecule has 0 spiro atoms. The molecule has 2 fully saturated rings. The smallest absolute Gasteiger partial charge is 0.342 e. The zero-order chi connectivity index (χ0) is 20.6. The summed E-state index contributed by atoms with van der Waals surface area (Å²) in [4.78, 5) is 15.4. The highest BCUT2D eigenvalue weighted by Crippen LogP contribution is 2.45. The summed E-state index contributed by atoms with van der Waals surface area (Å²) in [5.41, 5.74) is -1.01. The number of carbonyl (C=O) groups is 1. The van der Waals surface area contributed by atoms with Gasteiger partial charge in [0.05, 0.1) is 11.0 Å². The summed E-state index contributed by atoms with van der Waals surface area (Å²) in [6, 6.07) is 5.36. The van der Waals surface area contributed by atoms with Gasteiger partial charge in [-0.15, -0.1) is 10.2 Å². The molecule has 2 heterocycles. The van der Waals surface area contributed by atoms with Crippen LogP contribution in [0, 0.1) is 0 Å². The number of amides is 1. The molecule has 8 heteroatoms. The lowest BCUT2D eigenvalue weighted by Crippen LogP contribution is -2.48. The quantitative estimate of drug-likeness (QED) is 0.773. The fourth-order valence-electron chi connectivity index (χ4n) is 4.90. The van der Waals surface area contributed by atoms with Crippen LogP contribution in [0.3, 0.4) is 0 Å². The van der Waals surface area contributed by atoms with E-state index in [1.54, 1.807) is 12.4 Å². The lowest BCUT2D eigenvalue weighted by Gasteiger charge is -2.38. The molecule has 0 N–H and O–H groups in total. The fraction of sp³-hybridized carbons (Fsp3) is 0.571. The van der Waals surface area contributed by atoms with Crippen molar-refractivity contribution in [1.29, 1.82) is 0 Å². The van der Waals surface area contributed by atoms with E-state index in [9.17, 15) is 18.0 Å². The number of piperidine rings is 1. The molecule has 29 heavy (non-hydrogen) atoms. The van der Waals surface area contributed by atoms with Crippen LogP contribution in [0.5, 0.6) is 0 Å². The van der Waals surface area contributed by atoms with Crippen molar-refractivity contribution in [3.8, 4) is 0 Å². The highest BCUT2D eigenvalue weighted by atomic mass is 19.4. The molecule has 0 radical (unpaired) electrons. The van der Waals surface area contributed by atoms with E-state index >= 15 is 0 Å². The van der Waals surface area contributed by atoms with Gasteiger partial charge in [0, 0.05) is 26.1 Å². The predicted octanol–water partition coefficient (Wildman–Crippen LogP) is 4.05. The molecule has 4 rings (SSSR count). The lowest BCUT2D eigenvalue weighted by molar-refractivity contribution is -0.140. The Morgan fingerprint density at radius 3 is 2.45 bits per heavy atom. The van der Waals surface area contributed by atoms with Crippen molar-refractivity contribution in [3.05, 3.63) is 47.5 Å². The zero-order valence-corrected chi connectivity index (χ0v) is 16.5. The molecule has 0 unspecified atom stereocenters. The predicted molar refractivity (Wildman–Crippen MR) is 101 cm³/mol. The summed E-state index contributed by atoms with van der Waals surface area (Å²) in [5, 5.41) is 8.12. The Kier molecular flexibility index (Phi) is 5.12. The molecule has 2 aromatic rings. The fourth-order valence-corrected chi connectivity index (χ4v) is 4.90. The number of likely N-dealkylation sites (tertiary alicyclic amines) is 1. The van der Waals surface area contributed by atoms with Crippen LogP contribution >= 0.6 is 0 Å². The molecule has 0 bridgehead atoms. The highest BCUT2D eigenvalue weighted by molar-refractivity contribution is 5.89. The Balaban J connectivity index is 1.55. The van der Waals surface area contributed by atoms with Crippen LogP contribution in [-0.4, -0.2) is 38.7 Å². The van der Waals surface area contributed by atoms with Crippen molar-refractivity contribution < 1.29 is 18.0 Å². The minimum atomic E-state index is -4.41. The first-order chi connectivity index (χ1) is 13.8. The van der Waals surface area contributed by atoms with Gasteiger partial charge in [-0.3, -0.25) is 4.79 Å². The lowest BCUT2D eigenvalue weighted by atomic mass is 9.76. The van der Waals surface area contributed by atoms with Crippen molar-refractivity contribution in [2.45, 2.75) is 56.0 Å². The summed E-state index contributed by atoms with van der Waals surface area (Å²) in [7, 11) is 1.91. The largest absolute Gasteiger partial charge is 0.416 e. The summed E-state index contributed by atoms with van der Waals surface area (Å²) in [5.74, 6) is 1.15. The summed E-state index contributed by atoms with van der Waals surface area (Å²) in [6.07, 6.45) is 1.77. The maximum Gasteiger partial charge on any atom is 0.416 e. The van der Waals surface area contributed by atoms with Crippen LogP contribution in [0.2, 0.25) is 0 Å². The van der Waals surface area contributed by atoms with E-state index in [0.29, 0.717) is 31.5 Å². The van der Waals surface area contributed by atoms with Crippen LogP contribution < -0.4 is 0 Å². The molecule has 1 amide bonds. The molecule has 1 aromatic carbocycles. The van der Waals surface area contributed by atoms with Crippen molar-refractivity contribution in [1.82, 2.24) is 19.7 Å². The van der Waals surface area contributed by atoms with Gasteiger partial charge in [0.15, 0.2) is 0 Å². The van der Waals surface area contributed by atoms with Gasteiger partial charge in [0.1, 0.15) is 12.2 Å². The summed E-state index contributed by atoms with van der Waals surface area (Å²) < 4.78 is 41.6. The van der Waals surface area contributed by atoms with E-state index in [1.807, 2.05) is 16.5 Å². The Labute approximate surface area is 167 Å².